The molecular weight excluding hydrogens is 388 g/mol. The SMILES string of the molecule is COc1ccc(OC)c(/C=N/c2oc(-c3ccccc3)c(-c3ccccc3)c2C#N)c1. The van der Waals surface area contributed by atoms with Crippen LogP contribution in [0.15, 0.2) is 88.3 Å². The number of rotatable bonds is 6. The van der Waals surface area contributed by atoms with Gasteiger partial charge in [0.25, 0.3) is 0 Å². The Morgan fingerprint density at radius 1 is 0.871 bits per heavy atom. The second-order valence-corrected chi connectivity index (χ2v) is 6.70. The molecule has 4 aromatic rings. The Morgan fingerprint density at radius 2 is 1.55 bits per heavy atom. The van der Waals surface area contributed by atoms with Gasteiger partial charge in [-0.2, -0.15) is 5.26 Å². The van der Waals surface area contributed by atoms with Crippen molar-refractivity contribution in [2.24, 2.45) is 4.99 Å². The Balaban J connectivity index is 1.88. The summed E-state index contributed by atoms with van der Waals surface area (Å²) >= 11 is 0. The lowest BCUT2D eigenvalue weighted by Gasteiger charge is -2.06. The van der Waals surface area contributed by atoms with Gasteiger partial charge in [0.1, 0.15) is 28.9 Å². The highest BCUT2D eigenvalue weighted by atomic mass is 16.5. The Hall–Kier alpha value is -4.30. The minimum Gasteiger partial charge on any atom is -0.497 e. The van der Waals surface area contributed by atoms with E-state index in [9.17, 15) is 5.26 Å². The fourth-order valence-corrected chi connectivity index (χ4v) is 3.36. The Labute approximate surface area is 180 Å². The summed E-state index contributed by atoms with van der Waals surface area (Å²) < 4.78 is 16.8. The molecule has 0 saturated carbocycles. The zero-order chi connectivity index (χ0) is 21.6. The number of furan rings is 1. The van der Waals surface area contributed by atoms with Crippen molar-refractivity contribution in [2.45, 2.75) is 0 Å². The third kappa shape index (κ3) is 4.05. The van der Waals surface area contributed by atoms with Crippen molar-refractivity contribution < 1.29 is 13.9 Å². The molecule has 0 bridgehead atoms. The number of benzene rings is 3. The van der Waals surface area contributed by atoms with Gasteiger partial charge < -0.3 is 13.9 Å². The van der Waals surface area contributed by atoms with Crippen molar-refractivity contribution in [3.05, 3.63) is 90.0 Å². The normalized spacial score (nSPS) is 10.7. The Kier molecular flexibility index (Phi) is 5.82. The van der Waals surface area contributed by atoms with Crippen molar-refractivity contribution >= 4 is 12.1 Å². The first-order valence-corrected chi connectivity index (χ1v) is 9.69. The van der Waals surface area contributed by atoms with Crippen LogP contribution in [-0.4, -0.2) is 20.4 Å². The van der Waals surface area contributed by atoms with Crippen LogP contribution >= 0.6 is 0 Å². The van der Waals surface area contributed by atoms with Gasteiger partial charge in [-0.25, -0.2) is 4.99 Å². The summed E-state index contributed by atoms with van der Waals surface area (Å²) in [6, 6.07) is 27.1. The van der Waals surface area contributed by atoms with Crippen LogP contribution in [0, 0.1) is 11.3 Å². The Morgan fingerprint density at radius 3 is 2.16 bits per heavy atom. The molecule has 0 aliphatic rings. The van der Waals surface area contributed by atoms with Gasteiger partial charge in [-0.15, -0.1) is 0 Å². The molecule has 4 rings (SSSR count). The second-order valence-electron chi connectivity index (χ2n) is 6.70. The maximum absolute atomic E-state index is 9.97. The van der Waals surface area contributed by atoms with Crippen LogP contribution < -0.4 is 9.47 Å². The third-order valence-corrected chi connectivity index (χ3v) is 4.86. The molecule has 0 aliphatic carbocycles. The number of aliphatic imine (C=N–C) groups is 1. The molecule has 1 heterocycles. The fourth-order valence-electron chi connectivity index (χ4n) is 3.36. The first kappa shape index (κ1) is 20.0. The van der Waals surface area contributed by atoms with Crippen molar-refractivity contribution in [3.8, 4) is 40.0 Å². The summed E-state index contributed by atoms with van der Waals surface area (Å²) in [6.45, 7) is 0. The molecule has 0 N–H and O–H groups in total. The Bertz CT molecular complexity index is 1250. The maximum Gasteiger partial charge on any atom is 0.238 e. The van der Waals surface area contributed by atoms with Crippen LogP contribution in [0.1, 0.15) is 11.1 Å². The van der Waals surface area contributed by atoms with Crippen molar-refractivity contribution in [3.63, 3.8) is 0 Å². The lowest BCUT2D eigenvalue weighted by molar-refractivity contribution is 0.402. The first-order valence-electron chi connectivity index (χ1n) is 9.69. The minimum atomic E-state index is 0.241. The highest BCUT2D eigenvalue weighted by Crippen LogP contribution is 2.42. The fraction of sp³-hybridized carbons (Fsp3) is 0.0769. The van der Waals surface area contributed by atoms with Crippen molar-refractivity contribution in [1.82, 2.24) is 0 Å². The molecule has 5 heteroatoms. The third-order valence-electron chi connectivity index (χ3n) is 4.86. The van der Waals surface area contributed by atoms with Gasteiger partial charge in [-0.05, 0) is 23.8 Å². The van der Waals surface area contributed by atoms with Crippen molar-refractivity contribution in [2.75, 3.05) is 14.2 Å². The number of ether oxygens (including phenoxy) is 2. The van der Waals surface area contributed by atoms with Crippen LogP contribution in [0.2, 0.25) is 0 Å². The van der Waals surface area contributed by atoms with Gasteiger partial charge in [0, 0.05) is 22.9 Å². The lowest BCUT2D eigenvalue weighted by Crippen LogP contribution is -1.92. The number of nitrogens with zero attached hydrogens (tertiary/aromatic N) is 2. The number of hydrogen-bond donors (Lipinski definition) is 0. The molecule has 0 fully saturated rings. The average molecular weight is 408 g/mol. The van der Waals surface area contributed by atoms with Gasteiger partial charge in [0.15, 0.2) is 0 Å². The molecule has 0 aliphatic heterocycles. The summed E-state index contributed by atoms with van der Waals surface area (Å²) in [6.07, 6.45) is 1.62. The van der Waals surface area contributed by atoms with Gasteiger partial charge in [0.2, 0.25) is 5.88 Å². The summed E-state index contributed by atoms with van der Waals surface area (Å²) in [5, 5.41) is 9.97. The van der Waals surface area contributed by atoms with Crippen LogP contribution in [0.4, 0.5) is 5.88 Å². The van der Waals surface area contributed by atoms with Crippen molar-refractivity contribution in [1.29, 1.82) is 5.26 Å². The van der Waals surface area contributed by atoms with E-state index < -0.39 is 0 Å². The summed E-state index contributed by atoms with van der Waals surface area (Å²) in [7, 11) is 3.19. The van der Waals surface area contributed by atoms with Gasteiger partial charge >= 0.3 is 0 Å². The van der Waals surface area contributed by atoms with E-state index in [1.54, 1.807) is 26.5 Å². The molecule has 3 aromatic carbocycles. The zero-order valence-electron chi connectivity index (χ0n) is 17.2. The monoisotopic (exact) mass is 408 g/mol. The van der Waals surface area contributed by atoms with Gasteiger partial charge in [-0.1, -0.05) is 60.7 Å². The van der Waals surface area contributed by atoms with Gasteiger partial charge in [-0.3, -0.25) is 0 Å². The van der Waals surface area contributed by atoms with E-state index in [1.807, 2.05) is 72.8 Å². The van der Waals surface area contributed by atoms with Gasteiger partial charge in [0.05, 0.1) is 14.2 Å². The van der Waals surface area contributed by atoms with E-state index in [4.69, 9.17) is 13.9 Å². The topological polar surface area (TPSA) is 67.8 Å². The summed E-state index contributed by atoms with van der Waals surface area (Å²) in [4.78, 5) is 4.51. The maximum atomic E-state index is 9.97. The van der Waals surface area contributed by atoms with Crippen LogP contribution in [0.5, 0.6) is 11.5 Å². The smallest absolute Gasteiger partial charge is 0.238 e. The second kappa shape index (κ2) is 9.02. The van der Waals surface area contributed by atoms with E-state index in [-0.39, 0.29) is 5.88 Å². The molecule has 1 aromatic heterocycles. The highest BCUT2D eigenvalue weighted by molar-refractivity contribution is 5.91. The molecule has 0 amide bonds. The van der Waals surface area contributed by atoms with E-state index in [0.29, 0.717) is 28.4 Å². The van der Waals surface area contributed by atoms with E-state index in [0.717, 1.165) is 16.7 Å². The summed E-state index contributed by atoms with van der Waals surface area (Å²) in [5.41, 5.74) is 3.58. The predicted octanol–water partition coefficient (Wildman–Crippen LogP) is 6.25. The highest BCUT2D eigenvalue weighted by Gasteiger charge is 2.22. The first-order chi connectivity index (χ1) is 15.2. The standard InChI is InChI=1S/C26H20N2O3/c1-29-21-13-14-23(30-2)20(15-21)17-28-26-22(16-27)24(18-9-5-3-6-10-18)25(31-26)19-11-7-4-8-12-19/h3-15,17H,1-2H3/b28-17+. The largest absolute Gasteiger partial charge is 0.497 e. The van der Waals surface area contributed by atoms with E-state index in [2.05, 4.69) is 11.1 Å². The molecule has 0 saturated heterocycles. The average Bonchev–Trinajstić information content (AvgIpc) is 3.22. The molecule has 0 spiro atoms. The molecule has 152 valence electrons. The quantitative estimate of drug-likeness (QED) is 0.354. The molecule has 31 heavy (non-hydrogen) atoms. The molecule has 5 nitrogen and oxygen atoms in total. The number of methoxy groups -OCH3 is 2. The van der Waals surface area contributed by atoms with Crippen LogP contribution in [-0.2, 0) is 0 Å². The van der Waals surface area contributed by atoms with E-state index in [1.165, 1.54) is 0 Å². The zero-order valence-corrected chi connectivity index (χ0v) is 17.2. The number of nitriles is 1. The van der Waals surface area contributed by atoms with Crippen LogP contribution in [0.3, 0.4) is 0 Å². The minimum absolute atomic E-state index is 0.241. The van der Waals surface area contributed by atoms with Crippen LogP contribution in [0.25, 0.3) is 22.5 Å². The number of hydrogen-bond acceptors (Lipinski definition) is 5. The summed E-state index contributed by atoms with van der Waals surface area (Å²) in [5.74, 6) is 2.16. The lowest BCUT2D eigenvalue weighted by atomic mass is 9.98. The van der Waals surface area contributed by atoms with E-state index >= 15 is 0 Å². The molecule has 0 atom stereocenters. The predicted molar refractivity (Wildman–Crippen MR) is 121 cm³/mol. The molecular formula is C26H20N2O3. The molecule has 0 unspecified atom stereocenters. The molecule has 0 radical (unpaired) electrons.